The number of guanidine groups is 3. The average molecular weight is 1310 g/mol. The van der Waals surface area contributed by atoms with Crippen LogP contribution in [0.5, 0.6) is 0 Å². The van der Waals surface area contributed by atoms with Crippen LogP contribution in [0, 0.1) is 0 Å². The number of rotatable bonds is 43. The fourth-order valence-electron chi connectivity index (χ4n) is 11.2. The van der Waals surface area contributed by atoms with Gasteiger partial charge in [-0.15, -0.1) is 0 Å². The van der Waals surface area contributed by atoms with E-state index in [1.165, 1.54) is 6.42 Å². The fourth-order valence-corrected chi connectivity index (χ4v) is 11.2. The molecule has 7 atom stereocenters. The molecular weight excluding hydrogens is 1210 g/mol. The topological polar surface area (TPSA) is 513 Å². The lowest BCUT2D eigenvalue weighted by Gasteiger charge is -2.28. The van der Waals surface area contributed by atoms with E-state index in [4.69, 9.17) is 45.9 Å². The Balaban J connectivity index is 1.27. The van der Waals surface area contributed by atoms with Crippen LogP contribution in [-0.2, 0) is 57.6 Å². The minimum Gasteiger partial charge on any atom is -0.370 e. The van der Waals surface area contributed by atoms with E-state index in [1.807, 2.05) is 72.8 Å². The number of nitrogens with zero attached hydrogens (tertiary/aromatic N) is 3. The Kier molecular flexibility index (Phi) is 30.1. The second-order valence-electron chi connectivity index (χ2n) is 23.8. The van der Waals surface area contributed by atoms with Crippen LogP contribution in [0.4, 0.5) is 0 Å². The normalized spacial score (nSPS) is 13.4. The minimum atomic E-state index is -1.46. The van der Waals surface area contributed by atoms with Crippen LogP contribution in [0.2, 0.25) is 0 Å². The molecule has 0 aliphatic heterocycles. The molecule has 0 fully saturated rings. The molecule has 3 aromatic heterocycles. The predicted molar refractivity (Wildman–Crippen MR) is 369 cm³/mol. The van der Waals surface area contributed by atoms with Gasteiger partial charge in [-0.25, -0.2) is 0 Å². The summed E-state index contributed by atoms with van der Waals surface area (Å²) in [6, 6.07) is 12.9. The number of unbranched alkanes of at least 4 members (excludes halogenated alkanes) is 6. The lowest BCUT2D eigenvalue weighted by Crippen LogP contribution is -2.60. The van der Waals surface area contributed by atoms with Crippen LogP contribution in [0.15, 0.2) is 106 Å². The summed E-state index contributed by atoms with van der Waals surface area (Å²) in [4.78, 5) is 136. The van der Waals surface area contributed by atoms with Crippen molar-refractivity contribution in [1.29, 1.82) is 0 Å². The summed E-state index contributed by atoms with van der Waals surface area (Å²) in [6.45, 7) is 2.81. The van der Waals surface area contributed by atoms with Crippen LogP contribution in [0.25, 0.3) is 32.7 Å². The minimum absolute atomic E-state index is 0.0359. The van der Waals surface area contributed by atoms with Gasteiger partial charge in [-0.3, -0.25) is 53.3 Å². The monoisotopic (exact) mass is 1310 g/mol. The number of para-hydroxylation sites is 3. The van der Waals surface area contributed by atoms with E-state index in [0.717, 1.165) is 64.8 Å². The zero-order valence-electron chi connectivity index (χ0n) is 54.2. The summed E-state index contributed by atoms with van der Waals surface area (Å²) in [5, 5.41) is 22.1. The largest absolute Gasteiger partial charge is 0.370 e. The highest BCUT2D eigenvalue weighted by Crippen LogP contribution is 2.23. The highest BCUT2D eigenvalue weighted by atomic mass is 16.2. The molecule has 3 aromatic carbocycles. The van der Waals surface area contributed by atoms with Crippen molar-refractivity contribution in [2.75, 3.05) is 26.2 Å². The number of carbonyl (C=O) groups is 8. The molecule has 26 N–H and O–H groups in total. The lowest BCUT2D eigenvalue weighted by atomic mass is 10.0. The second kappa shape index (κ2) is 38.7. The molecule has 0 radical (unpaired) electrons. The third-order valence-corrected chi connectivity index (χ3v) is 16.3. The Morgan fingerprint density at radius 2 is 0.747 bits per heavy atom. The zero-order chi connectivity index (χ0) is 68.7. The predicted octanol–water partition coefficient (Wildman–Crippen LogP) is 1.08. The van der Waals surface area contributed by atoms with Gasteiger partial charge in [-0.1, -0.05) is 93.6 Å². The van der Waals surface area contributed by atoms with Crippen molar-refractivity contribution in [3.8, 4) is 0 Å². The van der Waals surface area contributed by atoms with Crippen molar-refractivity contribution in [3.05, 3.63) is 108 Å². The lowest BCUT2D eigenvalue weighted by molar-refractivity contribution is -0.135. The van der Waals surface area contributed by atoms with Gasteiger partial charge in [0.05, 0.1) is 6.04 Å². The molecule has 29 nitrogen and oxygen atoms in total. The van der Waals surface area contributed by atoms with Crippen molar-refractivity contribution in [2.45, 2.75) is 171 Å². The molecule has 6 rings (SSSR count). The van der Waals surface area contributed by atoms with Gasteiger partial charge in [0.25, 0.3) is 0 Å². The first kappa shape index (κ1) is 73.9. The summed E-state index contributed by atoms with van der Waals surface area (Å²) in [5.74, 6) is -6.02. The summed E-state index contributed by atoms with van der Waals surface area (Å²) in [6.07, 6.45) is 13.3. The number of benzene rings is 3. The Bertz CT molecular complexity index is 3580. The third kappa shape index (κ3) is 24.7. The van der Waals surface area contributed by atoms with Crippen molar-refractivity contribution in [1.82, 2.24) is 52.2 Å². The number of primary amides is 1. The van der Waals surface area contributed by atoms with Crippen molar-refractivity contribution in [2.24, 2.45) is 60.8 Å². The number of aromatic nitrogens is 3. The van der Waals surface area contributed by atoms with Gasteiger partial charge in [-0.05, 0) is 99.1 Å². The number of nitrogens with one attached hydrogen (secondary N) is 10. The molecule has 6 aromatic rings. The molecule has 0 aliphatic rings. The van der Waals surface area contributed by atoms with Crippen molar-refractivity contribution in [3.63, 3.8) is 0 Å². The SMILES string of the molecule is CCCCCCCCC(=O)NCCCC[C@H](NC(=O)[C@H](Cc1c[nH]c2ccccc12)NC(=O)[C@H](CCCN=C(N)N)NC(=O)[C@H](Cc1c[nH]c2ccccc12)NC(=O)[C@H](CCCN=C(N)N)NC(=O)[C@H](Cc1c[nH]c2ccccc12)NC(=O)[C@@H](N)CCCN=C(N)N)C(N)=O. The van der Waals surface area contributed by atoms with E-state index in [-0.39, 0.29) is 101 Å². The van der Waals surface area contributed by atoms with Crippen LogP contribution >= 0.6 is 0 Å². The molecule has 95 heavy (non-hydrogen) atoms. The number of aliphatic imine (C=N–C) groups is 3. The Morgan fingerprint density at radius 3 is 1.16 bits per heavy atom. The van der Waals surface area contributed by atoms with Gasteiger partial charge in [0, 0.05) is 103 Å². The van der Waals surface area contributed by atoms with Crippen LogP contribution in [0.3, 0.4) is 0 Å². The highest BCUT2D eigenvalue weighted by Gasteiger charge is 2.35. The number of carbonyl (C=O) groups excluding carboxylic acids is 8. The first-order valence-corrected chi connectivity index (χ1v) is 32.7. The molecule has 0 saturated carbocycles. The summed E-state index contributed by atoms with van der Waals surface area (Å²) in [5.41, 5.74) is 50.1. The molecular formula is C66H97N21O8. The highest BCUT2D eigenvalue weighted by molar-refractivity contribution is 5.99. The number of hydrogen-bond donors (Lipinski definition) is 18. The van der Waals surface area contributed by atoms with E-state index in [9.17, 15) is 24.0 Å². The van der Waals surface area contributed by atoms with E-state index >= 15 is 14.4 Å². The quantitative estimate of drug-likeness (QED) is 0.0145. The van der Waals surface area contributed by atoms with Crippen LogP contribution in [-0.4, -0.2) is 149 Å². The van der Waals surface area contributed by atoms with Gasteiger partial charge >= 0.3 is 0 Å². The molecule has 0 unspecified atom stereocenters. The maximum atomic E-state index is 15.2. The van der Waals surface area contributed by atoms with Gasteiger partial charge in [0.1, 0.15) is 36.3 Å². The third-order valence-electron chi connectivity index (χ3n) is 16.3. The first-order chi connectivity index (χ1) is 45.7. The molecule has 0 saturated heterocycles. The number of hydrogen-bond acceptors (Lipinski definition) is 12. The number of H-pyrrole nitrogens is 3. The zero-order valence-corrected chi connectivity index (χ0v) is 54.2. The van der Waals surface area contributed by atoms with Gasteiger partial charge in [-0.2, -0.15) is 0 Å². The van der Waals surface area contributed by atoms with E-state index in [0.29, 0.717) is 48.9 Å². The Labute approximate surface area is 552 Å². The first-order valence-electron chi connectivity index (χ1n) is 32.7. The smallest absolute Gasteiger partial charge is 0.243 e. The van der Waals surface area contributed by atoms with Crippen LogP contribution in [0.1, 0.15) is 126 Å². The van der Waals surface area contributed by atoms with Crippen molar-refractivity contribution >= 4 is 97.8 Å². The molecule has 29 heteroatoms. The van der Waals surface area contributed by atoms with Crippen LogP contribution < -0.4 is 83.1 Å². The average Bonchev–Trinajstić information content (AvgIpc) is 1.77. The molecule has 8 amide bonds. The Hall–Kier alpha value is -10.2. The van der Waals surface area contributed by atoms with Gasteiger partial charge < -0.3 is 98.0 Å². The van der Waals surface area contributed by atoms with Gasteiger partial charge in [0.2, 0.25) is 47.3 Å². The summed E-state index contributed by atoms with van der Waals surface area (Å²) in [7, 11) is 0. The second-order valence-corrected chi connectivity index (χ2v) is 23.8. The van der Waals surface area contributed by atoms with E-state index < -0.39 is 83.6 Å². The number of aromatic amines is 3. The Morgan fingerprint density at radius 1 is 0.400 bits per heavy atom. The fraction of sp³-hybridized carbons (Fsp3) is 0.470. The number of amides is 8. The van der Waals surface area contributed by atoms with Crippen molar-refractivity contribution < 1.29 is 38.4 Å². The van der Waals surface area contributed by atoms with E-state index in [1.54, 1.807) is 18.6 Å². The molecule has 0 bridgehead atoms. The molecule has 0 spiro atoms. The van der Waals surface area contributed by atoms with Gasteiger partial charge in [0.15, 0.2) is 17.9 Å². The maximum absolute atomic E-state index is 15.2. The summed E-state index contributed by atoms with van der Waals surface area (Å²) >= 11 is 0. The number of nitrogens with two attached hydrogens (primary N) is 8. The number of fused-ring (bicyclic) bond motifs is 3. The molecule has 0 aliphatic carbocycles. The molecule has 3 heterocycles. The maximum Gasteiger partial charge on any atom is 0.243 e. The summed E-state index contributed by atoms with van der Waals surface area (Å²) < 4.78 is 0. The van der Waals surface area contributed by atoms with E-state index in [2.05, 4.69) is 74.1 Å². The standard InChI is InChI=1S/C66H97N21O8/c1-2-3-4-5-6-7-29-56(88)75-30-15-14-26-50(57(68)89)82-61(93)54(35-41-38-80-48-24-12-9-20-44(41)48)86-59(91)52(28-18-33-78-66(73)74)84-63(95)55(36-42-39-81-49-25-13-10-21-45(42)49)87-60(92)51(27-17-32-77-65(71)72)83-62(94)53(34-40-37-79-47-23-11-8-19-43(40)47)85-58(90)46(67)22-16-31-76-64(69)70/h8-13,19-21,23-25,37-39,46,50-55,79-81H,2-7,14-18,22,26-36,67H2,1H3,(H2,68,89)(H,75,88)(H,82,93)(H,83,94)(H,84,95)(H,85,90)(H,86,91)(H,87,92)(H4,69,70,76)(H4,71,72,77)(H4,73,74,78)/t46-,50-,51-,52-,53-,54-,55-/m0/s1. The molecule has 514 valence electrons.